The molecule has 0 saturated carbocycles. The average Bonchev–Trinajstić information content (AvgIpc) is 3.37. The molecule has 1 aromatic carbocycles. The Morgan fingerprint density at radius 1 is 1.18 bits per heavy atom. The predicted octanol–water partition coefficient (Wildman–Crippen LogP) is 4.42. The number of hydrogen-bond donors (Lipinski definition) is 1. The van der Waals surface area contributed by atoms with Gasteiger partial charge in [0.15, 0.2) is 0 Å². The molecule has 7 heteroatoms. The third-order valence-electron chi connectivity index (χ3n) is 4.48. The molecular formula is C21H22N4O2S. The highest BCUT2D eigenvalue weighted by molar-refractivity contribution is 7.10. The van der Waals surface area contributed by atoms with Crippen molar-refractivity contribution < 1.29 is 9.53 Å². The van der Waals surface area contributed by atoms with Crippen LogP contribution in [0.4, 0.5) is 11.6 Å². The van der Waals surface area contributed by atoms with E-state index in [4.69, 9.17) is 4.74 Å². The van der Waals surface area contributed by atoms with E-state index >= 15 is 0 Å². The van der Waals surface area contributed by atoms with Crippen LogP contribution >= 0.6 is 11.3 Å². The number of hydrogen-bond acceptors (Lipinski definition) is 6. The molecule has 1 fully saturated rings. The van der Waals surface area contributed by atoms with Gasteiger partial charge >= 0.3 is 0 Å². The van der Waals surface area contributed by atoms with Crippen molar-refractivity contribution in [3.63, 3.8) is 0 Å². The largest absolute Gasteiger partial charge is 0.439 e. The van der Waals surface area contributed by atoms with Gasteiger partial charge in [0.1, 0.15) is 5.75 Å². The van der Waals surface area contributed by atoms with Gasteiger partial charge in [-0.05, 0) is 55.5 Å². The lowest BCUT2D eigenvalue weighted by molar-refractivity contribution is -0.115. The molecule has 1 aliphatic heterocycles. The molecule has 4 rings (SSSR count). The number of ether oxygens (including phenoxy) is 1. The van der Waals surface area contributed by atoms with Gasteiger partial charge in [0.25, 0.3) is 0 Å². The molecule has 1 saturated heterocycles. The summed E-state index contributed by atoms with van der Waals surface area (Å²) in [4.78, 5) is 24.4. The van der Waals surface area contributed by atoms with Crippen LogP contribution in [0.15, 0.2) is 47.8 Å². The van der Waals surface area contributed by atoms with Crippen LogP contribution in [0.25, 0.3) is 0 Å². The second-order valence-electron chi connectivity index (χ2n) is 6.77. The maximum absolute atomic E-state index is 12.1. The van der Waals surface area contributed by atoms with Crippen molar-refractivity contribution in [2.45, 2.75) is 26.2 Å². The van der Waals surface area contributed by atoms with Gasteiger partial charge in [-0.1, -0.05) is 6.07 Å². The maximum atomic E-state index is 12.1. The summed E-state index contributed by atoms with van der Waals surface area (Å²) in [5.41, 5.74) is 1.62. The third kappa shape index (κ3) is 4.67. The smallest absolute Gasteiger partial charge is 0.229 e. The number of aromatic nitrogens is 2. The topological polar surface area (TPSA) is 67.3 Å². The van der Waals surface area contributed by atoms with Crippen LogP contribution in [0.3, 0.4) is 0 Å². The fourth-order valence-electron chi connectivity index (χ4n) is 3.14. The molecule has 0 spiro atoms. The number of carbonyl (C=O) groups is 1. The summed E-state index contributed by atoms with van der Waals surface area (Å²) in [6, 6.07) is 13.1. The standard InChI is InChI=1S/C21H22N4O2S/c1-15-13-20(24-21(22-15)25-10-2-3-11-25)27-17-8-6-16(7-9-17)23-19(26)14-18-5-4-12-28-18/h4-9,12-13H,2-3,10-11,14H2,1H3,(H,23,26). The molecule has 0 bridgehead atoms. The quantitative estimate of drug-likeness (QED) is 0.670. The second-order valence-corrected chi connectivity index (χ2v) is 7.80. The zero-order valence-electron chi connectivity index (χ0n) is 15.7. The van der Waals surface area contributed by atoms with Crippen LogP contribution in [-0.2, 0) is 11.2 Å². The first kappa shape index (κ1) is 18.4. The van der Waals surface area contributed by atoms with Crippen molar-refractivity contribution in [1.82, 2.24) is 9.97 Å². The fourth-order valence-corrected chi connectivity index (χ4v) is 3.84. The number of carbonyl (C=O) groups excluding carboxylic acids is 1. The number of benzene rings is 1. The molecule has 28 heavy (non-hydrogen) atoms. The Balaban J connectivity index is 1.39. The van der Waals surface area contributed by atoms with Gasteiger partial charge in [0, 0.05) is 35.4 Å². The maximum Gasteiger partial charge on any atom is 0.229 e. The van der Waals surface area contributed by atoms with E-state index in [1.165, 1.54) is 12.8 Å². The van der Waals surface area contributed by atoms with Crippen LogP contribution in [0.5, 0.6) is 11.6 Å². The van der Waals surface area contributed by atoms with E-state index in [1.54, 1.807) is 11.3 Å². The molecule has 0 atom stereocenters. The number of thiophene rings is 1. The lowest BCUT2D eigenvalue weighted by atomic mass is 10.2. The van der Waals surface area contributed by atoms with Crippen LogP contribution in [0.1, 0.15) is 23.4 Å². The van der Waals surface area contributed by atoms with Gasteiger partial charge in [-0.25, -0.2) is 4.98 Å². The zero-order valence-corrected chi connectivity index (χ0v) is 16.5. The number of amides is 1. The molecule has 1 aliphatic rings. The summed E-state index contributed by atoms with van der Waals surface area (Å²) in [6.45, 7) is 3.92. The van der Waals surface area contributed by atoms with E-state index < -0.39 is 0 Å². The summed E-state index contributed by atoms with van der Waals surface area (Å²) in [5.74, 6) is 1.90. The minimum Gasteiger partial charge on any atom is -0.439 e. The molecule has 3 heterocycles. The Hall–Kier alpha value is -2.93. The lowest BCUT2D eigenvalue weighted by Gasteiger charge is -2.16. The minimum absolute atomic E-state index is 0.0298. The average molecular weight is 395 g/mol. The van der Waals surface area contributed by atoms with Crippen LogP contribution in [-0.4, -0.2) is 29.0 Å². The molecule has 2 aromatic heterocycles. The van der Waals surface area contributed by atoms with Crippen molar-refractivity contribution in [2.75, 3.05) is 23.3 Å². The molecule has 0 aliphatic carbocycles. The van der Waals surface area contributed by atoms with Crippen LogP contribution < -0.4 is 15.0 Å². The second kappa shape index (κ2) is 8.39. The normalized spacial score (nSPS) is 13.5. The number of nitrogens with zero attached hydrogens (tertiary/aromatic N) is 3. The highest BCUT2D eigenvalue weighted by Gasteiger charge is 2.16. The van der Waals surface area contributed by atoms with E-state index in [0.29, 0.717) is 18.1 Å². The molecular weight excluding hydrogens is 372 g/mol. The molecule has 0 radical (unpaired) electrons. The number of nitrogens with one attached hydrogen (secondary N) is 1. The minimum atomic E-state index is -0.0298. The molecule has 1 N–H and O–H groups in total. The van der Waals surface area contributed by atoms with Crippen LogP contribution in [0, 0.1) is 6.92 Å². The van der Waals surface area contributed by atoms with Crippen molar-refractivity contribution >= 4 is 28.9 Å². The van der Waals surface area contributed by atoms with E-state index in [2.05, 4.69) is 20.2 Å². The number of aryl methyl sites for hydroxylation is 1. The van der Waals surface area contributed by atoms with Crippen molar-refractivity contribution in [1.29, 1.82) is 0 Å². The number of rotatable bonds is 6. The van der Waals surface area contributed by atoms with E-state index in [9.17, 15) is 4.79 Å². The molecule has 144 valence electrons. The van der Waals surface area contributed by atoms with Gasteiger partial charge < -0.3 is 15.0 Å². The van der Waals surface area contributed by atoms with Crippen LogP contribution in [0.2, 0.25) is 0 Å². The zero-order chi connectivity index (χ0) is 19.3. The summed E-state index contributed by atoms with van der Waals surface area (Å²) >= 11 is 1.58. The van der Waals surface area contributed by atoms with Crippen molar-refractivity contribution in [2.24, 2.45) is 0 Å². The predicted molar refractivity (Wildman–Crippen MR) is 111 cm³/mol. The van der Waals surface area contributed by atoms with Gasteiger partial charge in [-0.3, -0.25) is 4.79 Å². The first-order chi connectivity index (χ1) is 13.7. The van der Waals surface area contributed by atoms with E-state index in [-0.39, 0.29) is 5.91 Å². The van der Waals surface area contributed by atoms with Gasteiger partial charge in [-0.2, -0.15) is 4.98 Å². The molecule has 3 aromatic rings. The Labute approximate surface area is 168 Å². The Morgan fingerprint density at radius 3 is 2.68 bits per heavy atom. The Bertz CT molecular complexity index is 936. The number of anilines is 2. The summed E-state index contributed by atoms with van der Waals surface area (Å²) < 4.78 is 5.92. The summed E-state index contributed by atoms with van der Waals surface area (Å²) in [6.07, 6.45) is 2.73. The van der Waals surface area contributed by atoms with E-state index in [0.717, 1.165) is 35.3 Å². The summed E-state index contributed by atoms with van der Waals surface area (Å²) in [5, 5.41) is 4.88. The van der Waals surface area contributed by atoms with Gasteiger partial charge in [0.2, 0.25) is 17.7 Å². The van der Waals surface area contributed by atoms with Crippen molar-refractivity contribution in [3.05, 3.63) is 58.4 Å². The third-order valence-corrected chi connectivity index (χ3v) is 5.36. The Kier molecular flexibility index (Phi) is 5.53. The van der Waals surface area contributed by atoms with E-state index in [1.807, 2.05) is 54.8 Å². The first-order valence-electron chi connectivity index (χ1n) is 9.36. The summed E-state index contributed by atoms with van der Waals surface area (Å²) in [7, 11) is 0. The SMILES string of the molecule is Cc1cc(Oc2ccc(NC(=O)Cc3cccs3)cc2)nc(N2CCCC2)n1. The Morgan fingerprint density at radius 2 is 1.96 bits per heavy atom. The lowest BCUT2D eigenvalue weighted by Crippen LogP contribution is -2.20. The van der Waals surface area contributed by atoms with Gasteiger partial charge in [0.05, 0.1) is 6.42 Å². The highest BCUT2D eigenvalue weighted by atomic mass is 32.1. The molecule has 1 amide bonds. The molecule has 6 nitrogen and oxygen atoms in total. The van der Waals surface area contributed by atoms with Crippen molar-refractivity contribution in [3.8, 4) is 11.6 Å². The van der Waals surface area contributed by atoms with Gasteiger partial charge in [-0.15, -0.1) is 11.3 Å². The molecule has 0 unspecified atom stereocenters. The fraction of sp³-hybridized carbons (Fsp3) is 0.286. The monoisotopic (exact) mass is 394 g/mol. The highest BCUT2D eigenvalue weighted by Crippen LogP contribution is 2.25. The first-order valence-corrected chi connectivity index (χ1v) is 10.2.